The molecule has 0 aromatic rings. The third-order valence-corrected chi connectivity index (χ3v) is 5.19. The first kappa shape index (κ1) is 18.9. The number of rotatable bonds is 9. The maximum absolute atomic E-state index is 6.29. The van der Waals surface area contributed by atoms with E-state index in [0.717, 1.165) is 25.6 Å². The van der Waals surface area contributed by atoms with Crippen molar-refractivity contribution in [1.82, 2.24) is 9.80 Å². The van der Waals surface area contributed by atoms with Crippen LogP contribution in [0.1, 0.15) is 59.3 Å². The van der Waals surface area contributed by atoms with Gasteiger partial charge < -0.3 is 10.6 Å². The summed E-state index contributed by atoms with van der Waals surface area (Å²) >= 11 is 0. The van der Waals surface area contributed by atoms with Crippen LogP contribution in [0.2, 0.25) is 0 Å². The van der Waals surface area contributed by atoms with Gasteiger partial charge >= 0.3 is 0 Å². The molecule has 1 aliphatic rings. The third kappa shape index (κ3) is 5.88. The standard InChI is InChI=1S/C18H39N3/c1-6-7-17-8-10-18(15-19,11-9-17)21(14-16(2)3)13-12-20(4)5/h16-17H,6-15,19H2,1-5H3. The van der Waals surface area contributed by atoms with Gasteiger partial charge in [-0.3, -0.25) is 4.90 Å². The summed E-state index contributed by atoms with van der Waals surface area (Å²) in [5.41, 5.74) is 6.55. The fourth-order valence-electron chi connectivity index (χ4n) is 3.84. The van der Waals surface area contributed by atoms with Crippen molar-refractivity contribution in [3.05, 3.63) is 0 Å². The van der Waals surface area contributed by atoms with Crippen LogP contribution in [-0.2, 0) is 0 Å². The van der Waals surface area contributed by atoms with Crippen LogP contribution in [0, 0.1) is 11.8 Å². The van der Waals surface area contributed by atoms with Crippen LogP contribution in [0.3, 0.4) is 0 Å². The lowest BCUT2D eigenvalue weighted by Crippen LogP contribution is -2.58. The average molecular weight is 298 g/mol. The first-order chi connectivity index (χ1) is 9.93. The van der Waals surface area contributed by atoms with E-state index in [1.807, 2.05) is 0 Å². The molecular formula is C18H39N3. The Bertz CT molecular complexity index is 268. The van der Waals surface area contributed by atoms with E-state index >= 15 is 0 Å². The summed E-state index contributed by atoms with van der Waals surface area (Å²) in [6.07, 6.45) is 8.09. The van der Waals surface area contributed by atoms with E-state index in [-0.39, 0.29) is 5.54 Å². The molecule has 1 aliphatic carbocycles. The molecule has 0 spiro atoms. The summed E-state index contributed by atoms with van der Waals surface area (Å²) in [4.78, 5) is 5.01. The van der Waals surface area contributed by atoms with Gasteiger partial charge in [0.05, 0.1) is 0 Å². The van der Waals surface area contributed by atoms with Crippen molar-refractivity contribution in [1.29, 1.82) is 0 Å². The third-order valence-electron chi connectivity index (χ3n) is 5.19. The van der Waals surface area contributed by atoms with Crippen LogP contribution < -0.4 is 5.73 Å². The second kappa shape index (κ2) is 9.12. The van der Waals surface area contributed by atoms with Crippen molar-refractivity contribution < 1.29 is 0 Å². The van der Waals surface area contributed by atoms with Crippen molar-refractivity contribution in [2.45, 2.75) is 64.8 Å². The Labute approximate surface area is 133 Å². The van der Waals surface area contributed by atoms with Gasteiger partial charge in [-0.15, -0.1) is 0 Å². The van der Waals surface area contributed by atoms with Gasteiger partial charge in [0, 0.05) is 31.7 Å². The number of likely N-dealkylation sites (N-methyl/N-ethyl adjacent to an activating group) is 1. The van der Waals surface area contributed by atoms with Gasteiger partial charge in [-0.1, -0.05) is 33.6 Å². The quantitative estimate of drug-likeness (QED) is 0.709. The first-order valence-electron chi connectivity index (χ1n) is 9.03. The number of hydrogen-bond donors (Lipinski definition) is 1. The van der Waals surface area contributed by atoms with Gasteiger partial charge in [0.15, 0.2) is 0 Å². The minimum Gasteiger partial charge on any atom is -0.329 e. The smallest absolute Gasteiger partial charge is 0.0332 e. The van der Waals surface area contributed by atoms with Crippen molar-refractivity contribution in [3.8, 4) is 0 Å². The molecule has 0 aliphatic heterocycles. The Kier molecular flexibility index (Phi) is 8.22. The summed E-state index contributed by atoms with van der Waals surface area (Å²) in [5, 5.41) is 0. The van der Waals surface area contributed by atoms with E-state index in [2.05, 4.69) is 44.7 Å². The summed E-state index contributed by atoms with van der Waals surface area (Å²) in [6, 6.07) is 0. The maximum Gasteiger partial charge on any atom is 0.0332 e. The Morgan fingerprint density at radius 3 is 2.19 bits per heavy atom. The summed E-state index contributed by atoms with van der Waals surface area (Å²) < 4.78 is 0. The molecule has 21 heavy (non-hydrogen) atoms. The van der Waals surface area contributed by atoms with E-state index < -0.39 is 0 Å². The van der Waals surface area contributed by atoms with Crippen LogP contribution in [0.4, 0.5) is 0 Å². The molecule has 0 heterocycles. The summed E-state index contributed by atoms with van der Waals surface area (Å²) in [7, 11) is 4.33. The van der Waals surface area contributed by atoms with Gasteiger partial charge in [0.25, 0.3) is 0 Å². The van der Waals surface area contributed by atoms with E-state index in [9.17, 15) is 0 Å². The Morgan fingerprint density at radius 2 is 1.76 bits per heavy atom. The van der Waals surface area contributed by atoms with Crippen LogP contribution >= 0.6 is 0 Å². The maximum atomic E-state index is 6.29. The molecule has 0 saturated heterocycles. The van der Waals surface area contributed by atoms with Gasteiger partial charge in [0.2, 0.25) is 0 Å². The Balaban J connectivity index is 2.71. The van der Waals surface area contributed by atoms with E-state index in [1.54, 1.807) is 0 Å². The zero-order valence-corrected chi connectivity index (χ0v) is 15.2. The normalized spacial score (nSPS) is 27.0. The van der Waals surface area contributed by atoms with Gasteiger partial charge in [-0.2, -0.15) is 0 Å². The summed E-state index contributed by atoms with van der Waals surface area (Å²) in [6.45, 7) is 11.3. The van der Waals surface area contributed by atoms with Gasteiger partial charge in [0.1, 0.15) is 0 Å². The largest absolute Gasteiger partial charge is 0.329 e. The Hall–Kier alpha value is -0.120. The molecular weight excluding hydrogens is 258 g/mol. The fraction of sp³-hybridized carbons (Fsp3) is 1.00. The molecule has 3 heteroatoms. The lowest BCUT2D eigenvalue weighted by atomic mass is 9.74. The number of nitrogens with zero attached hydrogens (tertiary/aromatic N) is 2. The van der Waals surface area contributed by atoms with Crippen molar-refractivity contribution in [3.63, 3.8) is 0 Å². The highest BCUT2D eigenvalue weighted by molar-refractivity contribution is 4.96. The monoisotopic (exact) mass is 297 g/mol. The van der Waals surface area contributed by atoms with Crippen molar-refractivity contribution in [2.24, 2.45) is 17.6 Å². The van der Waals surface area contributed by atoms with Gasteiger partial charge in [-0.25, -0.2) is 0 Å². The molecule has 0 bridgehead atoms. The molecule has 1 rings (SSSR count). The summed E-state index contributed by atoms with van der Waals surface area (Å²) in [5.74, 6) is 1.66. The molecule has 0 radical (unpaired) electrons. The van der Waals surface area contributed by atoms with Gasteiger partial charge in [-0.05, 0) is 51.6 Å². The van der Waals surface area contributed by atoms with Crippen LogP contribution in [-0.4, -0.2) is 55.6 Å². The zero-order chi connectivity index (χ0) is 15.9. The van der Waals surface area contributed by atoms with Crippen LogP contribution in [0.5, 0.6) is 0 Å². The second-order valence-corrected chi connectivity index (χ2v) is 7.80. The molecule has 126 valence electrons. The highest BCUT2D eigenvalue weighted by Crippen LogP contribution is 2.38. The van der Waals surface area contributed by atoms with Crippen LogP contribution in [0.25, 0.3) is 0 Å². The molecule has 1 fully saturated rings. The average Bonchev–Trinajstić information content (AvgIpc) is 2.44. The van der Waals surface area contributed by atoms with E-state index in [0.29, 0.717) is 5.92 Å². The lowest BCUT2D eigenvalue weighted by molar-refractivity contribution is 0.0274. The number of hydrogen-bond acceptors (Lipinski definition) is 3. The molecule has 0 aromatic heterocycles. The van der Waals surface area contributed by atoms with Crippen molar-refractivity contribution in [2.75, 3.05) is 40.3 Å². The fourth-order valence-corrected chi connectivity index (χ4v) is 3.84. The van der Waals surface area contributed by atoms with E-state index in [1.165, 1.54) is 45.1 Å². The molecule has 0 atom stereocenters. The Morgan fingerprint density at radius 1 is 1.14 bits per heavy atom. The predicted octanol–water partition coefficient (Wildman–Crippen LogP) is 3.19. The second-order valence-electron chi connectivity index (χ2n) is 7.80. The SMILES string of the molecule is CCCC1CCC(CN)(N(CCN(C)C)CC(C)C)CC1. The molecule has 0 unspecified atom stereocenters. The molecule has 1 saturated carbocycles. The molecule has 0 aromatic carbocycles. The molecule has 0 amide bonds. The molecule has 2 N–H and O–H groups in total. The van der Waals surface area contributed by atoms with E-state index in [4.69, 9.17) is 5.73 Å². The topological polar surface area (TPSA) is 32.5 Å². The van der Waals surface area contributed by atoms with Crippen LogP contribution in [0.15, 0.2) is 0 Å². The zero-order valence-electron chi connectivity index (χ0n) is 15.2. The predicted molar refractivity (Wildman–Crippen MR) is 93.6 cm³/mol. The first-order valence-corrected chi connectivity index (χ1v) is 9.03. The molecule has 3 nitrogen and oxygen atoms in total. The van der Waals surface area contributed by atoms with Crippen molar-refractivity contribution >= 4 is 0 Å². The highest BCUT2D eigenvalue weighted by Gasteiger charge is 2.38. The highest BCUT2D eigenvalue weighted by atomic mass is 15.2. The lowest BCUT2D eigenvalue weighted by Gasteiger charge is -2.48. The minimum atomic E-state index is 0.268. The number of nitrogens with two attached hydrogens (primary N) is 1. The minimum absolute atomic E-state index is 0.268.